The van der Waals surface area contributed by atoms with Crippen molar-refractivity contribution in [3.63, 3.8) is 0 Å². The molecule has 3 nitrogen and oxygen atoms in total. The summed E-state index contributed by atoms with van der Waals surface area (Å²) in [6.45, 7) is 9.35. The first-order chi connectivity index (χ1) is 9.49. The lowest BCUT2D eigenvalue weighted by atomic mass is 9.97. The maximum atomic E-state index is 13.7. The highest BCUT2D eigenvalue weighted by Crippen LogP contribution is 2.36. The fourth-order valence-corrected chi connectivity index (χ4v) is 2.81. The fraction of sp³-hybridized carbons (Fsp3) is 0.467. The van der Waals surface area contributed by atoms with Gasteiger partial charge >= 0.3 is 0 Å². The Hall–Kier alpha value is -1.10. The average molecular weight is 299 g/mol. The highest BCUT2D eigenvalue weighted by molar-refractivity contribution is 6.30. The van der Waals surface area contributed by atoms with E-state index in [9.17, 15) is 9.50 Å². The Balaban J connectivity index is 2.37. The van der Waals surface area contributed by atoms with Gasteiger partial charge in [0.1, 0.15) is 0 Å². The first kappa shape index (κ1) is 15.3. The number of halogens is 2. The maximum absolute atomic E-state index is 13.7. The van der Waals surface area contributed by atoms with Gasteiger partial charge in [-0.05, 0) is 25.5 Å². The molecule has 0 amide bonds. The van der Waals surface area contributed by atoms with E-state index in [4.69, 9.17) is 11.6 Å². The third kappa shape index (κ3) is 3.51. The molecule has 20 heavy (non-hydrogen) atoms. The number of hydrogen-bond acceptors (Lipinski definition) is 3. The zero-order valence-corrected chi connectivity index (χ0v) is 12.4. The van der Waals surface area contributed by atoms with Crippen LogP contribution in [0.1, 0.15) is 24.9 Å². The predicted octanol–water partition coefficient (Wildman–Crippen LogP) is 3.10. The molecule has 1 aliphatic heterocycles. The molecule has 0 aliphatic carbocycles. The lowest BCUT2D eigenvalue weighted by Crippen LogP contribution is -2.45. The summed E-state index contributed by atoms with van der Waals surface area (Å²) < 4.78 is 13.7. The van der Waals surface area contributed by atoms with Crippen LogP contribution in [-0.2, 0) is 0 Å². The minimum Gasteiger partial charge on any atom is -0.505 e. The molecule has 1 fully saturated rings. The Morgan fingerprint density at radius 1 is 1.50 bits per heavy atom. The zero-order valence-electron chi connectivity index (χ0n) is 11.6. The topological polar surface area (TPSA) is 35.5 Å². The van der Waals surface area contributed by atoms with E-state index >= 15 is 0 Å². The third-order valence-electron chi connectivity index (χ3n) is 3.55. The number of benzene rings is 1. The van der Waals surface area contributed by atoms with Crippen molar-refractivity contribution in [1.29, 1.82) is 0 Å². The van der Waals surface area contributed by atoms with Crippen LogP contribution in [0.3, 0.4) is 0 Å². The second-order valence-corrected chi connectivity index (χ2v) is 5.72. The van der Waals surface area contributed by atoms with Gasteiger partial charge in [0.2, 0.25) is 0 Å². The zero-order chi connectivity index (χ0) is 14.7. The summed E-state index contributed by atoms with van der Waals surface area (Å²) >= 11 is 5.94. The molecule has 2 N–H and O–H groups in total. The number of nitrogens with one attached hydrogen (secondary N) is 1. The molecule has 1 heterocycles. The van der Waals surface area contributed by atoms with Gasteiger partial charge in [-0.25, -0.2) is 4.39 Å². The Kier molecular flexibility index (Phi) is 5.02. The van der Waals surface area contributed by atoms with E-state index in [1.807, 2.05) is 6.92 Å². The molecule has 5 heteroatoms. The minimum absolute atomic E-state index is 0.0946. The molecule has 0 bridgehead atoms. The van der Waals surface area contributed by atoms with Crippen molar-refractivity contribution in [1.82, 2.24) is 10.2 Å². The van der Waals surface area contributed by atoms with Crippen molar-refractivity contribution in [2.24, 2.45) is 0 Å². The number of phenols is 1. The molecule has 2 rings (SSSR count). The first-order valence-electron chi connectivity index (χ1n) is 6.76. The second kappa shape index (κ2) is 6.57. The van der Waals surface area contributed by atoms with E-state index in [1.54, 1.807) is 6.07 Å². The quantitative estimate of drug-likeness (QED) is 0.839. The normalized spacial score (nSPS) is 17.9. The molecular formula is C15H20ClFN2O. The highest BCUT2D eigenvalue weighted by atomic mass is 35.5. The number of aromatic hydroxyl groups is 1. The van der Waals surface area contributed by atoms with Gasteiger partial charge in [-0.2, -0.15) is 0 Å². The van der Waals surface area contributed by atoms with Crippen molar-refractivity contribution in [2.75, 3.05) is 26.2 Å². The van der Waals surface area contributed by atoms with Crippen LogP contribution in [0, 0.1) is 5.82 Å². The summed E-state index contributed by atoms with van der Waals surface area (Å²) in [5.74, 6) is -0.978. The van der Waals surface area contributed by atoms with Gasteiger partial charge in [0, 0.05) is 42.8 Å². The van der Waals surface area contributed by atoms with Gasteiger partial charge in [0.15, 0.2) is 11.6 Å². The first-order valence-corrected chi connectivity index (χ1v) is 7.14. The van der Waals surface area contributed by atoms with E-state index in [0.717, 1.165) is 37.8 Å². The smallest absolute Gasteiger partial charge is 0.166 e. The van der Waals surface area contributed by atoms with E-state index in [1.165, 1.54) is 0 Å². The average Bonchev–Trinajstić information content (AvgIpc) is 2.41. The van der Waals surface area contributed by atoms with E-state index in [0.29, 0.717) is 17.0 Å². The van der Waals surface area contributed by atoms with Crippen LogP contribution in [0.5, 0.6) is 5.75 Å². The molecule has 0 spiro atoms. The van der Waals surface area contributed by atoms with Crippen molar-refractivity contribution < 1.29 is 9.50 Å². The molecule has 1 aromatic rings. The molecule has 0 saturated carbocycles. The van der Waals surface area contributed by atoms with Crippen LogP contribution in [0.4, 0.5) is 4.39 Å². The molecule has 1 aliphatic rings. The van der Waals surface area contributed by atoms with Crippen LogP contribution >= 0.6 is 11.6 Å². The lowest BCUT2D eigenvalue weighted by Gasteiger charge is -2.35. The molecule has 1 saturated heterocycles. The number of rotatable bonds is 4. The number of hydrogen-bond donors (Lipinski definition) is 2. The van der Waals surface area contributed by atoms with Gasteiger partial charge in [0.05, 0.1) is 0 Å². The monoisotopic (exact) mass is 298 g/mol. The highest BCUT2D eigenvalue weighted by Gasteiger charge is 2.26. The van der Waals surface area contributed by atoms with Gasteiger partial charge in [0.25, 0.3) is 0 Å². The van der Waals surface area contributed by atoms with Crippen molar-refractivity contribution in [3.05, 3.63) is 40.7 Å². The maximum Gasteiger partial charge on any atom is 0.166 e. The molecule has 0 aromatic heterocycles. The summed E-state index contributed by atoms with van der Waals surface area (Å²) in [7, 11) is 0. The summed E-state index contributed by atoms with van der Waals surface area (Å²) in [6.07, 6.45) is 0.674. The molecule has 0 unspecified atom stereocenters. The predicted molar refractivity (Wildman–Crippen MR) is 79.7 cm³/mol. The van der Waals surface area contributed by atoms with Crippen molar-refractivity contribution in [3.8, 4) is 5.75 Å². The Bertz CT molecular complexity index is 501. The van der Waals surface area contributed by atoms with Crippen LogP contribution in [0.25, 0.3) is 0 Å². The molecule has 110 valence electrons. The van der Waals surface area contributed by atoms with Gasteiger partial charge in [-0.1, -0.05) is 17.2 Å². The summed E-state index contributed by atoms with van der Waals surface area (Å²) in [4.78, 5) is 2.23. The van der Waals surface area contributed by atoms with Crippen LogP contribution in [-0.4, -0.2) is 36.2 Å². The Morgan fingerprint density at radius 2 is 2.15 bits per heavy atom. The largest absolute Gasteiger partial charge is 0.505 e. The fourth-order valence-electron chi connectivity index (χ4n) is 2.60. The van der Waals surface area contributed by atoms with Crippen LogP contribution in [0.2, 0.25) is 5.02 Å². The second-order valence-electron chi connectivity index (χ2n) is 5.29. The summed E-state index contributed by atoms with van der Waals surface area (Å²) in [6, 6.07) is 2.69. The van der Waals surface area contributed by atoms with Crippen molar-refractivity contribution in [2.45, 2.75) is 19.4 Å². The van der Waals surface area contributed by atoms with E-state index in [-0.39, 0.29) is 11.8 Å². The number of piperazine rings is 1. The van der Waals surface area contributed by atoms with Gasteiger partial charge in [-0.3, -0.25) is 4.90 Å². The van der Waals surface area contributed by atoms with Gasteiger partial charge < -0.3 is 10.4 Å². The van der Waals surface area contributed by atoms with E-state index in [2.05, 4.69) is 16.8 Å². The van der Waals surface area contributed by atoms with Crippen LogP contribution in [0.15, 0.2) is 24.3 Å². The van der Waals surface area contributed by atoms with Crippen molar-refractivity contribution >= 4 is 11.6 Å². The van der Waals surface area contributed by atoms with E-state index < -0.39 is 5.82 Å². The number of nitrogens with zero attached hydrogens (tertiary/aromatic N) is 1. The Morgan fingerprint density at radius 3 is 2.75 bits per heavy atom. The summed E-state index contributed by atoms with van der Waals surface area (Å²) in [5, 5.41) is 13.6. The standard InChI is InChI=1S/C15H20ClFN2O/c1-10(2)7-14(19-5-3-18-4-6-19)12-8-11(16)9-13(17)15(12)20/h8-9,14,18,20H,1,3-7H2,2H3/t14-/m1/s1. The third-order valence-corrected chi connectivity index (χ3v) is 3.77. The SMILES string of the molecule is C=C(C)C[C@H](c1cc(Cl)cc(F)c1O)N1CCNCC1. The van der Waals surface area contributed by atoms with Gasteiger partial charge in [-0.15, -0.1) is 6.58 Å². The lowest BCUT2D eigenvalue weighted by molar-refractivity contribution is 0.169. The van der Waals surface area contributed by atoms with Crippen LogP contribution < -0.4 is 5.32 Å². The number of phenolic OH excluding ortho intramolecular Hbond substituents is 1. The summed E-state index contributed by atoms with van der Waals surface area (Å²) in [5.41, 5.74) is 1.54. The minimum atomic E-state index is -0.672. The molecule has 1 atom stereocenters. The molecule has 0 radical (unpaired) electrons. The Labute approximate surface area is 124 Å². The molecular weight excluding hydrogens is 279 g/mol. The molecule has 1 aromatic carbocycles.